The molecule has 2 aromatic rings. The Morgan fingerprint density at radius 1 is 1.11 bits per heavy atom. The van der Waals surface area contributed by atoms with E-state index in [1.807, 2.05) is 30.3 Å². The molecule has 1 heterocycles. The smallest absolute Gasteiger partial charge is 0.248 e. The molecule has 3 nitrogen and oxygen atoms in total. The number of hydrogen-bond donors (Lipinski definition) is 1. The minimum atomic E-state index is -1.05. The van der Waals surface area contributed by atoms with Gasteiger partial charge in [0.15, 0.2) is 0 Å². The van der Waals surface area contributed by atoms with Gasteiger partial charge in [0.25, 0.3) is 0 Å². The summed E-state index contributed by atoms with van der Waals surface area (Å²) >= 11 is 0. The fraction of sp³-hybridized carbons (Fsp3) is 0. The van der Waals surface area contributed by atoms with Gasteiger partial charge >= 0.3 is 0 Å². The van der Waals surface area contributed by atoms with Gasteiger partial charge in [-0.1, -0.05) is 30.3 Å². The van der Waals surface area contributed by atoms with E-state index >= 15 is 0 Å². The van der Waals surface area contributed by atoms with Crippen LogP contribution in [-0.2, 0) is 4.79 Å². The van der Waals surface area contributed by atoms with Crippen LogP contribution in [0.2, 0.25) is 0 Å². The maximum atomic E-state index is 13.2. The average molecular weight is 260 g/mol. The number of halogens is 2. The quantitative estimate of drug-likeness (QED) is 0.681. The average Bonchev–Trinajstić information content (AvgIpc) is 2.41. The molecular weight excluding hydrogens is 250 g/mol. The van der Waals surface area contributed by atoms with Gasteiger partial charge in [0.1, 0.15) is 0 Å². The predicted molar refractivity (Wildman–Crippen MR) is 68.3 cm³/mol. The van der Waals surface area contributed by atoms with Crippen molar-refractivity contribution in [2.24, 2.45) is 0 Å². The van der Waals surface area contributed by atoms with Crippen LogP contribution in [0.1, 0.15) is 5.56 Å². The number of rotatable bonds is 3. The maximum absolute atomic E-state index is 13.2. The van der Waals surface area contributed by atoms with Gasteiger partial charge in [-0.25, -0.2) is 0 Å². The molecule has 1 amide bonds. The molecule has 0 unspecified atom stereocenters. The normalized spacial score (nSPS) is 10.6. The fourth-order valence-electron chi connectivity index (χ4n) is 1.42. The van der Waals surface area contributed by atoms with Crippen molar-refractivity contribution in [2.75, 3.05) is 5.32 Å². The molecule has 0 aliphatic rings. The van der Waals surface area contributed by atoms with E-state index in [1.165, 1.54) is 6.08 Å². The van der Waals surface area contributed by atoms with Crippen molar-refractivity contribution in [1.29, 1.82) is 0 Å². The first-order valence-corrected chi connectivity index (χ1v) is 5.51. The molecule has 0 saturated carbocycles. The molecule has 1 aromatic carbocycles. The number of nitrogens with one attached hydrogen (secondary N) is 1. The number of amides is 1. The van der Waals surface area contributed by atoms with Crippen LogP contribution in [0.5, 0.6) is 0 Å². The lowest BCUT2D eigenvalue weighted by molar-refractivity contribution is -0.111. The van der Waals surface area contributed by atoms with Crippen LogP contribution in [0.25, 0.3) is 6.08 Å². The number of carbonyl (C=O) groups is 1. The predicted octanol–water partition coefficient (Wildman–Crippen LogP) is 3.01. The highest BCUT2D eigenvalue weighted by Gasteiger charge is 2.06. The number of carbonyl (C=O) groups excluding carboxylic acids is 1. The fourth-order valence-corrected chi connectivity index (χ4v) is 1.42. The highest BCUT2D eigenvalue weighted by molar-refractivity contribution is 6.01. The summed E-state index contributed by atoms with van der Waals surface area (Å²) in [6, 6.07) is 11.3. The largest absolute Gasteiger partial charge is 0.319 e. The number of anilines is 1. The minimum Gasteiger partial charge on any atom is -0.319 e. The van der Waals surface area contributed by atoms with E-state index in [1.54, 1.807) is 6.08 Å². The van der Waals surface area contributed by atoms with Gasteiger partial charge in [-0.3, -0.25) is 4.79 Å². The number of benzene rings is 1. The lowest BCUT2D eigenvalue weighted by Gasteiger charge is -2.02. The van der Waals surface area contributed by atoms with E-state index in [0.717, 1.165) is 17.7 Å². The van der Waals surface area contributed by atoms with Crippen LogP contribution < -0.4 is 5.32 Å². The van der Waals surface area contributed by atoms with Crippen molar-refractivity contribution >= 4 is 17.7 Å². The van der Waals surface area contributed by atoms with Crippen LogP contribution >= 0.6 is 0 Å². The number of pyridine rings is 1. The third-order valence-corrected chi connectivity index (χ3v) is 2.30. The third kappa shape index (κ3) is 3.70. The zero-order chi connectivity index (χ0) is 13.7. The van der Waals surface area contributed by atoms with Crippen molar-refractivity contribution < 1.29 is 13.6 Å². The molecule has 2 rings (SSSR count). The van der Waals surface area contributed by atoms with Crippen molar-refractivity contribution in [3.8, 4) is 0 Å². The second-order valence-electron chi connectivity index (χ2n) is 3.71. The van der Waals surface area contributed by atoms with Gasteiger partial charge in [-0.2, -0.15) is 13.8 Å². The Balaban J connectivity index is 2.04. The first-order valence-electron chi connectivity index (χ1n) is 5.51. The molecule has 0 aliphatic carbocycles. The summed E-state index contributed by atoms with van der Waals surface area (Å²) in [7, 11) is 0. The van der Waals surface area contributed by atoms with Gasteiger partial charge in [0, 0.05) is 6.08 Å². The highest BCUT2D eigenvalue weighted by atomic mass is 19.1. The Kier molecular flexibility index (Phi) is 3.97. The summed E-state index contributed by atoms with van der Waals surface area (Å²) in [5.74, 6) is -2.51. The lowest BCUT2D eigenvalue weighted by Crippen LogP contribution is -2.10. The minimum absolute atomic E-state index is 0.163. The monoisotopic (exact) mass is 260 g/mol. The Morgan fingerprint density at radius 3 is 2.53 bits per heavy atom. The Morgan fingerprint density at radius 2 is 1.84 bits per heavy atom. The molecule has 5 heteroatoms. The molecule has 0 saturated heterocycles. The van der Waals surface area contributed by atoms with Crippen LogP contribution in [0.3, 0.4) is 0 Å². The van der Waals surface area contributed by atoms with E-state index < -0.39 is 17.8 Å². The third-order valence-electron chi connectivity index (χ3n) is 2.30. The number of nitrogens with zero attached hydrogens (tertiary/aromatic N) is 1. The lowest BCUT2D eigenvalue weighted by atomic mass is 10.2. The first kappa shape index (κ1) is 12.9. The standard InChI is InChI=1S/C14H10F2N2O/c15-12-8-7-11(14(16)18-12)17-13(19)9-6-10-4-2-1-3-5-10/h1-9H,(H,17,19)/b9-6+. The molecule has 0 fully saturated rings. The summed E-state index contributed by atoms with van der Waals surface area (Å²) in [4.78, 5) is 14.5. The van der Waals surface area contributed by atoms with Gasteiger partial charge in [-0.05, 0) is 23.8 Å². The molecule has 0 radical (unpaired) electrons. The van der Waals surface area contributed by atoms with Gasteiger partial charge < -0.3 is 5.32 Å². The van der Waals surface area contributed by atoms with E-state index in [-0.39, 0.29) is 5.69 Å². The highest BCUT2D eigenvalue weighted by Crippen LogP contribution is 2.11. The number of aromatic nitrogens is 1. The van der Waals surface area contributed by atoms with Crippen LogP contribution in [0, 0.1) is 11.9 Å². The summed E-state index contributed by atoms with van der Waals surface area (Å²) in [6.45, 7) is 0. The SMILES string of the molecule is O=C(/C=C/c1ccccc1)Nc1ccc(F)nc1F. The molecule has 0 aliphatic heterocycles. The van der Waals surface area contributed by atoms with Crippen molar-refractivity contribution in [3.05, 3.63) is 66.0 Å². The Hall–Kier alpha value is -2.56. The second-order valence-corrected chi connectivity index (χ2v) is 3.71. The van der Waals surface area contributed by atoms with Gasteiger partial charge in [0.2, 0.25) is 17.8 Å². The summed E-state index contributed by atoms with van der Waals surface area (Å²) < 4.78 is 25.8. The van der Waals surface area contributed by atoms with Crippen LogP contribution in [-0.4, -0.2) is 10.9 Å². The summed E-state index contributed by atoms with van der Waals surface area (Å²) in [5, 5.41) is 2.28. The van der Waals surface area contributed by atoms with Gasteiger partial charge in [0.05, 0.1) is 5.69 Å². The molecule has 0 bridgehead atoms. The zero-order valence-electron chi connectivity index (χ0n) is 9.81. The molecule has 1 N–H and O–H groups in total. The van der Waals surface area contributed by atoms with Crippen molar-refractivity contribution in [3.63, 3.8) is 0 Å². The Bertz CT molecular complexity index is 612. The molecule has 19 heavy (non-hydrogen) atoms. The summed E-state index contributed by atoms with van der Waals surface area (Å²) in [5.41, 5.74) is 0.680. The maximum Gasteiger partial charge on any atom is 0.248 e. The molecule has 1 aromatic heterocycles. The first-order chi connectivity index (χ1) is 9.15. The summed E-state index contributed by atoms with van der Waals surface area (Å²) in [6.07, 6.45) is 2.85. The van der Waals surface area contributed by atoms with E-state index in [2.05, 4.69) is 10.3 Å². The molecule has 96 valence electrons. The van der Waals surface area contributed by atoms with Crippen LogP contribution in [0.15, 0.2) is 48.5 Å². The van der Waals surface area contributed by atoms with Crippen molar-refractivity contribution in [1.82, 2.24) is 4.98 Å². The van der Waals surface area contributed by atoms with E-state index in [0.29, 0.717) is 0 Å². The topological polar surface area (TPSA) is 42.0 Å². The van der Waals surface area contributed by atoms with Gasteiger partial charge in [-0.15, -0.1) is 0 Å². The second kappa shape index (κ2) is 5.86. The number of hydrogen-bond acceptors (Lipinski definition) is 2. The van der Waals surface area contributed by atoms with Crippen molar-refractivity contribution in [2.45, 2.75) is 0 Å². The molecular formula is C14H10F2N2O. The zero-order valence-corrected chi connectivity index (χ0v) is 9.81. The molecule has 0 spiro atoms. The van der Waals surface area contributed by atoms with E-state index in [4.69, 9.17) is 0 Å². The van der Waals surface area contributed by atoms with E-state index in [9.17, 15) is 13.6 Å². The van der Waals surface area contributed by atoms with Crippen LogP contribution in [0.4, 0.5) is 14.5 Å². The Labute approximate surface area is 108 Å². The molecule has 0 atom stereocenters.